The van der Waals surface area contributed by atoms with Crippen molar-refractivity contribution in [1.82, 2.24) is 4.31 Å². The van der Waals surface area contributed by atoms with Gasteiger partial charge < -0.3 is 5.32 Å². The zero-order valence-corrected chi connectivity index (χ0v) is 18.9. The molecule has 0 atom stereocenters. The normalized spacial score (nSPS) is 14.1. The van der Waals surface area contributed by atoms with Gasteiger partial charge in [-0.15, -0.1) is 0 Å². The van der Waals surface area contributed by atoms with Crippen molar-refractivity contribution in [2.24, 2.45) is 0 Å². The van der Waals surface area contributed by atoms with Crippen LogP contribution >= 0.6 is 0 Å². The molecule has 4 aromatic carbocycles. The summed E-state index contributed by atoms with van der Waals surface area (Å²) in [6, 6.07) is 28.3. The van der Waals surface area contributed by atoms with Gasteiger partial charge in [-0.25, -0.2) is 8.42 Å². The second-order valence-corrected chi connectivity index (χ2v) is 10.2. The Labute approximate surface area is 193 Å². The molecule has 33 heavy (non-hydrogen) atoms. The molecule has 1 aliphatic rings. The minimum absolute atomic E-state index is 0.101. The molecule has 0 saturated carbocycles. The van der Waals surface area contributed by atoms with E-state index in [4.69, 9.17) is 0 Å². The van der Waals surface area contributed by atoms with E-state index in [1.807, 2.05) is 60.7 Å². The molecule has 0 radical (unpaired) electrons. The third kappa shape index (κ3) is 4.40. The molecule has 1 aliphatic heterocycles. The molecule has 5 rings (SSSR count). The summed E-state index contributed by atoms with van der Waals surface area (Å²) in [7, 11) is -3.56. The van der Waals surface area contributed by atoms with Crippen LogP contribution in [0.15, 0.2) is 95.9 Å². The molecule has 0 unspecified atom stereocenters. The first-order valence-corrected chi connectivity index (χ1v) is 12.4. The Balaban J connectivity index is 1.33. The Morgan fingerprint density at radius 3 is 2.45 bits per heavy atom. The lowest BCUT2D eigenvalue weighted by Crippen LogP contribution is -2.36. The first-order valence-electron chi connectivity index (χ1n) is 10.9. The van der Waals surface area contributed by atoms with Crippen LogP contribution in [0.3, 0.4) is 0 Å². The van der Waals surface area contributed by atoms with E-state index in [9.17, 15) is 13.2 Å². The monoisotopic (exact) mass is 456 g/mol. The maximum atomic E-state index is 13.0. The van der Waals surface area contributed by atoms with Gasteiger partial charge in [-0.3, -0.25) is 4.79 Å². The number of amides is 1. The lowest BCUT2D eigenvalue weighted by atomic mass is 10.00. The summed E-state index contributed by atoms with van der Waals surface area (Å²) < 4.78 is 27.6. The molecular weight excluding hydrogens is 432 g/mol. The van der Waals surface area contributed by atoms with Crippen LogP contribution in [0.1, 0.15) is 16.7 Å². The summed E-state index contributed by atoms with van der Waals surface area (Å²) in [6.07, 6.45) is 0.915. The fraction of sp³-hybridized carbons (Fsp3) is 0.148. The summed E-state index contributed by atoms with van der Waals surface area (Å²) >= 11 is 0. The molecule has 0 spiro atoms. The smallest absolute Gasteiger partial charge is 0.243 e. The Morgan fingerprint density at radius 2 is 1.61 bits per heavy atom. The molecule has 0 fully saturated rings. The molecule has 5 nitrogen and oxygen atoms in total. The molecular formula is C27H24N2O3S. The van der Waals surface area contributed by atoms with E-state index >= 15 is 0 Å². The van der Waals surface area contributed by atoms with Gasteiger partial charge in [0.25, 0.3) is 0 Å². The fourth-order valence-corrected chi connectivity index (χ4v) is 5.82. The number of hydrogen-bond donors (Lipinski definition) is 1. The number of fused-ring (bicyclic) bond motifs is 2. The van der Waals surface area contributed by atoms with Gasteiger partial charge in [0, 0.05) is 18.8 Å². The Kier molecular flexibility index (Phi) is 5.70. The number of rotatable bonds is 5. The van der Waals surface area contributed by atoms with Crippen molar-refractivity contribution in [3.05, 3.63) is 108 Å². The molecule has 0 saturated heterocycles. The summed E-state index contributed by atoms with van der Waals surface area (Å²) in [6.45, 7) is 0.733. The van der Waals surface area contributed by atoms with Gasteiger partial charge in [0.05, 0.1) is 11.3 Å². The van der Waals surface area contributed by atoms with Crippen LogP contribution < -0.4 is 5.32 Å². The molecule has 1 amide bonds. The van der Waals surface area contributed by atoms with E-state index in [0.717, 1.165) is 27.5 Å². The quantitative estimate of drug-likeness (QED) is 0.471. The molecule has 0 aromatic heterocycles. The first kappa shape index (κ1) is 21.4. The van der Waals surface area contributed by atoms with Crippen molar-refractivity contribution in [3.8, 4) is 0 Å². The van der Waals surface area contributed by atoms with Gasteiger partial charge in [-0.05, 0) is 58.1 Å². The van der Waals surface area contributed by atoms with Crippen LogP contribution in [0.4, 0.5) is 5.69 Å². The van der Waals surface area contributed by atoms with Gasteiger partial charge in [-0.2, -0.15) is 4.31 Å². The zero-order valence-electron chi connectivity index (χ0n) is 18.1. The average Bonchev–Trinajstić information content (AvgIpc) is 2.84. The lowest BCUT2D eigenvalue weighted by Gasteiger charge is -2.28. The van der Waals surface area contributed by atoms with E-state index in [-0.39, 0.29) is 12.3 Å². The van der Waals surface area contributed by atoms with Crippen molar-refractivity contribution in [3.63, 3.8) is 0 Å². The Morgan fingerprint density at radius 1 is 0.848 bits per heavy atom. The topological polar surface area (TPSA) is 66.5 Å². The second-order valence-electron chi connectivity index (χ2n) is 8.25. The SMILES string of the molecule is O=C(Cc1cccc2ccccc12)Nc1ccc2c(c1)CN(S(=O)(=O)c1ccccc1)CC2. The van der Waals surface area contributed by atoms with Crippen molar-refractivity contribution < 1.29 is 13.2 Å². The highest BCUT2D eigenvalue weighted by Crippen LogP contribution is 2.27. The van der Waals surface area contributed by atoms with Crippen LogP contribution in [0, 0.1) is 0 Å². The number of carbonyl (C=O) groups is 1. The standard InChI is InChI=1S/C27H24N2O3S/c30-27(18-22-9-6-8-21-7-4-5-12-26(21)22)28-24-14-13-20-15-16-29(19-23(20)17-24)33(31,32)25-10-2-1-3-11-25/h1-14,17H,15-16,18-19H2,(H,28,30). The number of carbonyl (C=O) groups excluding carboxylic acids is 1. The molecule has 1 heterocycles. The van der Waals surface area contributed by atoms with Crippen LogP contribution in [0.25, 0.3) is 10.8 Å². The average molecular weight is 457 g/mol. The number of hydrogen-bond acceptors (Lipinski definition) is 3. The van der Waals surface area contributed by atoms with Crippen molar-refractivity contribution >= 4 is 32.4 Å². The van der Waals surface area contributed by atoms with E-state index < -0.39 is 10.0 Å². The van der Waals surface area contributed by atoms with Crippen molar-refractivity contribution in [2.75, 3.05) is 11.9 Å². The van der Waals surface area contributed by atoms with Gasteiger partial charge >= 0.3 is 0 Å². The number of nitrogens with one attached hydrogen (secondary N) is 1. The molecule has 6 heteroatoms. The van der Waals surface area contributed by atoms with Crippen LogP contribution in [-0.2, 0) is 34.2 Å². The third-order valence-corrected chi connectivity index (χ3v) is 7.94. The predicted molar refractivity (Wildman–Crippen MR) is 130 cm³/mol. The van der Waals surface area contributed by atoms with Gasteiger partial charge in [0.2, 0.25) is 15.9 Å². The summed E-state index contributed by atoms with van der Waals surface area (Å²) in [4.78, 5) is 13.1. The van der Waals surface area contributed by atoms with E-state index in [0.29, 0.717) is 30.1 Å². The highest BCUT2D eigenvalue weighted by atomic mass is 32.2. The number of benzene rings is 4. The number of nitrogens with zero attached hydrogens (tertiary/aromatic N) is 1. The number of anilines is 1. The van der Waals surface area contributed by atoms with Gasteiger partial charge in [0.15, 0.2) is 0 Å². The second kappa shape index (κ2) is 8.81. The van der Waals surface area contributed by atoms with E-state index in [1.54, 1.807) is 30.3 Å². The maximum Gasteiger partial charge on any atom is 0.243 e. The maximum absolute atomic E-state index is 13.0. The summed E-state index contributed by atoms with van der Waals surface area (Å²) in [5, 5.41) is 5.16. The summed E-state index contributed by atoms with van der Waals surface area (Å²) in [5.41, 5.74) is 3.69. The molecule has 0 bridgehead atoms. The van der Waals surface area contributed by atoms with Crippen LogP contribution in [0.5, 0.6) is 0 Å². The van der Waals surface area contributed by atoms with Gasteiger partial charge in [0.1, 0.15) is 0 Å². The van der Waals surface area contributed by atoms with Gasteiger partial charge in [-0.1, -0.05) is 66.7 Å². The molecule has 1 N–H and O–H groups in total. The Bertz CT molecular complexity index is 1430. The first-order chi connectivity index (χ1) is 16.0. The van der Waals surface area contributed by atoms with E-state index in [2.05, 4.69) is 5.32 Å². The molecule has 166 valence electrons. The zero-order chi connectivity index (χ0) is 22.8. The van der Waals surface area contributed by atoms with Crippen molar-refractivity contribution in [1.29, 1.82) is 0 Å². The Hall–Kier alpha value is -3.48. The molecule has 4 aromatic rings. The highest BCUT2D eigenvalue weighted by Gasteiger charge is 2.28. The van der Waals surface area contributed by atoms with Crippen molar-refractivity contribution in [2.45, 2.75) is 24.3 Å². The largest absolute Gasteiger partial charge is 0.326 e. The minimum atomic E-state index is -3.56. The minimum Gasteiger partial charge on any atom is -0.326 e. The predicted octanol–water partition coefficient (Wildman–Crippen LogP) is 4.77. The molecule has 0 aliphatic carbocycles. The lowest BCUT2D eigenvalue weighted by molar-refractivity contribution is -0.115. The highest BCUT2D eigenvalue weighted by molar-refractivity contribution is 7.89. The summed E-state index contributed by atoms with van der Waals surface area (Å²) in [5.74, 6) is -0.101. The fourth-order valence-electron chi connectivity index (χ4n) is 4.38. The van der Waals surface area contributed by atoms with Crippen LogP contribution in [-0.4, -0.2) is 25.2 Å². The third-order valence-electron chi connectivity index (χ3n) is 6.08. The van der Waals surface area contributed by atoms with Crippen LogP contribution in [0.2, 0.25) is 0 Å². The number of sulfonamides is 1. The van der Waals surface area contributed by atoms with E-state index in [1.165, 1.54) is 4.31 Å².